The summed E-state index contributed by atoms with van der Waals surface area (Å²) < 4.78 is 12.9. The number of anilines is 2. The van der Waals surface area contributed by atoms with Gasteiger partial charge < -0.3 is 19.4 Å². The summed E-state index contributed by atoms with van der Waals surface area (Å²) in [5, 5.41) is 12.0. The fourth-order valence-corrected chi connectivity index (χ4v) is 4.36. The van der Waals surface area contributed by atoms with E-state index in [1.807, 2.05) is 67.9 Å². The molecule has 0 saturated carbocycles. The van der Waals surface area contributed by atoms with Crippen molar-refractivity contribution < 1.29 is 19.1 Å². The van der Waals surface area contributed by atoms with Crippen LogP contribution in [0.5, 0.6) is 11.5 Å². The van der Waals surface area contributed by atoms with Gasteiger partial charge in [-0.05, 0) is 38.1 Å². The number of ether oxygens (including phenoxy) is 2. The molecule has 0 bridgehead atoms. The maximum Gasteiger partial charge on any atom is 0.265 e. The van der Waals surface area contributed by atoms with Crippen LogP contribution in [0.4, 0.5) is 11.4 Å². The highest BCUT2D eigenvalue weighted by Gasteiger charge is 2.32. The summed E-state index contributed by atoms with van der Waals surface area (Å²) in [6, 6.07) is 14.4. The zero-order chi connectivity index (χ0) is 23.4. The van der Waals surface area contributed by atoms with Crippen molar-refractivity contribution in [3.8, 4) is 11.5 Å². The van der Waals surface area contributed by atoms with Crippen LogP contribution in [0.3, 0.4) is 0 Å². The number of thioether (sulfide) groups is 1. The topological polar surface area (TPSA) is 98.6 Å². The van der Waals surface area contributed by atoms with Crippen LogP contribution in [0.2, 0.25) is 0 Å². The molecule has 0 unspecified atom stereocenters. The van der Waals surface area contributed by atoms with Crippen molar-refractivity contribution in [1.82, 2.24) is 14.8 Å². The van der Waals surface area contributed by atoms with Gasteiger partial charge in [-0.1, -0.05) is 36.0 Å². The van der Waals surface area contributed by atoms with Gasteiger partial charge in [-0.2, -0.15) is 0 Å². The van der Waals surface area contributed by atoms with Gasteiger partial charge in [-0.15, -0.1) is 10.2 Å². The summed E-state index contributed by atoms with van der Waals surface area (Å²) in [4.78, 5) is 26.8. The molecule has 1 atom stereocenters. The van der Waals surface area contributed by atoms with E-state index < -0.39 is 0 Å². The highest BCUT2D eigenvalue weighted by atomic mass is 32.2. The Morgan fingerprint density at radius 2 is 1.97 bits per heavy atom. The van der Waals surface area contributed by atoms with Crippen molar-refractivity contribution in [1.29, 1.82) is 0 Å². The second kappa shape index (κ2) is 9.95. The van der Waals surface area contributed by atoms with Crippen LogP contribution in [-0.2, 0) is 16.6 Å². The van der Waals surface area contributed by atoms with Gasteiger partial charge in [-0.3, -0.25) is 14.5 Å². The Morgan fingerprint density at radius 1 is 1.21 bits per heavy atom. The number of hydrogen-bond acceptors (Lipinski definition) is 7. The third-order valence-electron chi connectivity index (χ3n) is 5.17. The van der Waals surface area contributed by atoms with Crippen LogP contribution in [0, 0.1) is 0 Å². The number of hydrogen-bond donors (Lipinski definition) is 1. The Kier molecular flexibility index (Phi) is 6.83. The molecule has 0 saturated heterocycles. The minimum Gasteiger partial charge on any atom is -0.492 e. The minimum absolute atomic E-state index is 0.0236. The quantitative estimate of drug-likeness (QED) is 0.507. The zero-order valence-corrected chi connectivity index (χ0v) is 19.5. The molecule has 2 amide bonds. The third kappa shape index (κ3) is 4.80. The first-order valence-electron chi connectivity index (χ1n) is 10.6. The number of benzene rings is 2. The number of carbonyl (C=O) groups is 2. The van der Waals surface area contributed by atoms with Crippen LogP contribution in [0.15, 0.2) is 53.7 Å². The predicted octanol–water partition coefficient (Wildman–Crippen LogP) is 3.43. The van der Waals surface area contributed by atoms with Crippen molar-refractivity contribution in [2.24, 2.45) is 7.05 Å². The molecule has 9 nitrogen and oxygen atoms in total. The van der Waals surface area contributed by atoms with E-state index >= 15 is 0 Å². The van der Waals surface area contributed by atoms with Crippen LogP contribution in [0.25, 0.3) is 0 Å². The molecule has 1 N–H and O–H groups in total. The normalized spacial score (nSPS) is 13.8. The summed E-state index contributed by atoms with van der Waals surface area (Å²) in [5.74, 6) is 1.73. The average Bonchev–Trinajstić information content (AvgIpc) is 3.19. The fraction of sp³-hybridized carbons (Fsp3) is 0.304. The standard InChI is InChI=1S/C23H25N5O4S/c1-4-31-18-11-7-5-9-16(18)24-20(29)14-33-23-26-25-22(27(23)3)15(2)28-17-10-6-8-12-19(17)32-13-21(28)30/h5-12,15H,4,13-14H2,1-3H3,(H,24,29)/t15-/m0/s1. The number of nitrogens with one attached hydrogen (secondary N) is 1. The molecular formula is C23H25N5O4S. The van der Waals surface area contributed by atoms with Crippen molar-refractivity contribution in [3.05, 3.63) is 54.4 Å². The molecule has 3 aromatic rings. The molecule has 1 aliphatic rings. The van der Waals surface area contributed by atoms with Crippen LogP contribution < -0.4 is 19.7 Å². The third-order valence-corrected chi connectivity index (χ3v) is 6.19. The van der Waals surface area contributed by atoms with Gasteiger partial charge in [0.25, 0.3) is 5.91 Å². The highest BCUT2D eigenvalue weighted by molar-refractivity contribution is 7.99. The van der Waals surface area contributed by atoms with Gasteiger partial charge in [0, 0.05) is 7.05 Å². The molecule has 172 valence electrons. The second-order valence-corrected chi connectivity index (χ2v) is 8.30. The maximum absolute atomic E-state index is 12.6. The summed E-state index contributed by atoms with van der Waals surface area (Å²) >= 11 is 1.27. The second-order valence-electron chi connectivity index (χ2n) is 7.36. The van der Waals surface area contributed by atoms with Crippen molar-refractivity contribution in [2.75, 3.05) is 29.2 Å². The number of carbonyl (C=O) groups excluding carboxylic acids is 2. The number of amides is 2. The first-order valence-corrected chi connectivity index (χ1v) is 11.6. The molecule has 2 heterocycles. The van der Waals surface area contributed by atoms with Crippen LogP contribution in [0.1, 0.15) is 25.7 Å². The van der Waals surface area contributed by atoms with E-state index in [1.165, 1.54) is 11.8 Å². The molecule has 0 fully saturated rings. The van der Waals surface area contributed by atoms with Gasteiger partial charge in [0.2, 0.25) is 5.91 Å². The van der Waals surface area contributed by atoms with E-state index in [0.717, 1.165) is 0 Å². The summed E-state index contributed by atoms with van der Waals surface area (Å²) in [7, 11) is 1.83. The lowest BCUT2D eigenvalue weighted by Crippen LogP contribution is -2.41. The van der Waals surface area contributed by atoms with E-state index in [0.29, 0.717) is 40.5 Å². The Labute approximate surface area is 196 Å². The predicted molar refractivity (Wildman–Crippen MR) is 126 cm³/mol. The first-order chi connectivity index (χ1) is 16.0. The molecular weight excluding hydrogens is 442 g/mol. The zero-order valence-electron chi connectivity index (χ0n) is 18.6. The maximum atomic E-state index is 12.6. The fourth-order valence-electron chi connectivity index (χ4n) is 3.65. The molecule has 0 radical (unpaired) electrons. The largest absolute Gasteiger partial charge is 0.492 e. The molecule has 0 aliphatic carbocycles. The lowest BCUT2D eigenvalue weighted by molar-refractivity contribution is -0.121. The van der Waals surface area contributed by atoms with Gasteiger partial charge in [0.05, 0.1) is 29.8 Å². The SMILES string of the molecule is CCOc1ccccc1NC(=O)CSc1nnc([C@H](C)N2C(=O)COc3ccccc32)n1C. The number of nitrogens with zero attached hydrogens (tertiary/aromatic N) is 4. The van der Waals surface area contributed by atoms with Crippen molar-refractivity contribution >= 4 is 35.0 Å². The van der Waals surface area contributed by atoms with Gasteiger partial charge in [-0.25, -0.2) is 0 Å². The van der Waals surface area contributed by atoms with Crippen LogP contribution in [-0.4, -0.2) is 45.5 Å². The molecule has 2 aromatic carbocycles. The Bertz CT molecular complexity index is 1170. The van der Waals surface area contributed by atoms with Crippen LogP contribution >= 0.6 is 11.8 Å². The Morgan fingerprint density at radius 3 is 2.79 bits per heavy atom. The summed E-state index contributed by atoms with van der Waals surface area (Å²) in [5.41, 5.74) is 1.33. The number of rotatable bonds is 8. The molecule has 0 spiro atoms. The molecule has 4 rings (SSSR count). The molecule has 33 heavy (non-hydrogen) atoms. The average molecular weight is 468 g/mol. The summed E-state index contributed by atoms with van der Waals surface area (Å²) in [6.07, 6.45) is 0. The summed E-state index contributed by atoms with van der Waals surface area (Å²) in [6.45, 7) is 4.28. The van der Waals surface area contributed by atoms with Gasteiger partial charge >= 0.3 is 0 Å². The van der Waals surface area contributed by atoms with Gasteiger partial charge in [0.1, 0.15) is 11.5 Å². The van der Waals surface area contributed by atoms with Crippen molar-refractivity contribution in [3.63, 3.8) is 0 Å². The lowest BCUT2D eigenvalue weighted by atomic mass is 10.1. The Balaban J connectivity index is 1.44. The number of para-hydroxylation sites is 4. The highest BCUT2D eigenvalue weighted by Crippen LogP contribution is 2.37. The van der Waals surface area contributed by atoms with E-state index in [1.54, 1.807) is 11.0 Å². The number of aromatic nitrogens is 3. The molecule has 10 heteroatoms. The minimum atomic E-state index is -0.360. The smallest absolute Gasteiger partial charge is 0.265 e. The van der Waals surface area contributed by atoms with E-state index in [4.69, 9.17) is 9.47 Å². The van der Waals surface area contributed by atoms with E-state index in [-0.39, 0.29) is 30.2 Å². The first kappa shape index (κ1) is 22.7. The lowest BCUT2D eigenvalue weighted by Gasteiger charge is -2.33. The van der Waals surface area contributed by atoms with E-state index in [9.17, 15) is 9.59 Å². The van der Waals surface area contributed by atoms with E-state index in [2.05, 4.69) is 15.5 Å². The van der Waals surface area contributed by atoms with Crippen molar-refractivity contribution in [2.45, 2.75) is 25.0 Å². The van der Waals surface area contributed by atoms with Gasteiger partial charge in [0.15, 0.2) is 17.6 Å². The molecule has 1 aliphatic heterocycles. The molecule has 1 aromatic heterocycles. The number of fused-ring (bicyclic) bond motifs is 1. The Hall–Kier alpha value is -3.53. The monoisotopic (exact) mass is 467 g/mol.